The zero-order chi connectivity index (χ0) is 13.8. The Kier molecular flexibility index (Phi) is 5.78. The van der Waals surface area contributed by atoms with Crippen molar-refractivity contribution in [2.24, 2.45) is 0 Å². The summed E-state index contributed by atoms with van der Waals surface area (Å²) < 4.78 is 27.2. The molecule has 0 aliphatic heterocycles. The Morgan fingerprint density at radius 2 is 2.17 bits per heavy atom. The van der Waals surface area contributed by atoms with Gasteiger partial charge in [-0.3, -0.25) is 0 Å². The van der Waals surface area contributed by atoms with Crippen molar-refractivity contribution in [1.29, 1.82) is 0 Å². The van der Waals surface area contributed by atoms with Crippen molar-refractivity contribution in [3.05, 3.63) is 16.5 Å². The summed E-state index contributed by atoms with van der Waals surface area (Å²) in [6, 6.07) is 1.56. The number of aryl methyl sites for hydroxylation is 1. The van der Waals surface area contributed by atoms with Crippen molar-refractivity contribution in [3.8, 4) is 0 Å². The van der Waals surface area contributed by atoms with Crippen LogP contribution in [0, 0.1) is 6.92 Å². The third-order valence-corrected chi connectivity index (χ3v) is 6.04. The molecule has 0 bridgehead atoms. The van der Waals surface area contributed by atoms with Crippen LogP contribution in [0.25, 0.3) is 0 Å². The minimum absolute atomic E-state index is 0.0602. The number of rotatable bonds is 7. The van der Waals surface area contributed by atoms with E-state index in [2.05, 4.69) is 11.6 Å². The molecule has 18 heavy (non-hydrogen) atoms. The van der Waals surface area contributed by atoms with Gasteiger partial charge in [-0.15, -0.1) is 11.3 Å². The van der Waals surface area contributed by atoms with E-state index < -0.39 is 10.0 Å². The molecule has 6 heteroatoms. The average Bonchev–Trinajstić information content (AvgIpc) is 2.68. The lowest BCUT2D eigenvalue weighted by Gasteiger charge is -2.12. The summed E-state index contributed by atoms with van der Waals surface area (Å²) in [4.78, 5) is 0.705. The molecule has 2 N–H and O–H groups in total. The van der Waals surface area contributed by atoms with E-state index in [1.165, 1.54) is 0 Å². The highest BCUT2D eigenvalue weighted by molar-refractivity contribution is 7.91. The summed E-state index contributed by atoms with van der Waals surface area (Å²) in [5.74, 6) is 0. The molecule has 4 nitrogen and oxygen atoms in total. The van der Waals surface area contributed by atoms with Crippen LogP contribution in [0.1, 0.15) is 43.6 Å². The SMILES string of the molecule is CCCCC(C)NS(=O)(=O)c1cc(C)c(CO)s1. The van der Waals surface area contributed by atoms with Crippen LogP contribution < -0.4 is 4.72 Å². The van der Waals surface area contributed by atoms with Gasteiger partial charge >= 0.3 is 0 Å². The third kappa shape index (κ3) is 4.05. The van der Waals surface area contributed by atoms with E-state index in [0.29, 0.717) is 4.88 Å². The summed E-state index contributed by atoms with van der Waals surface area (Å²) >= 11 is 1.13. The van der Waals surface area contributed by atoms with Crippen LogP contribution >= 0.6 is 11.3 Å². The molecule has 0 spiro atoms. The van der Waals surface area contributed by atoms with Crippen LogP contribution in [0.5, 0.6) is 0 Å². The first-order valence-electron chi connectivity index (χ1n) is 6.13. The number of hydrogen-bond acceptors (Lipinski definition) is 4. The van der Waals surface area contributed by atoms with Gasteiger partial charge in [0, 0.05) is 10.9 Å². The molecule has 1 atom stereocenters. The minimum atomic E-state index is -3.44. The summed E-state index contributed by atoms with van der Waals surface area (Å²) in [7, 11) is -3.44. The Morgan fingerprint density at radius 3 is 2.67 bits per heavy atom. The number of aliphatic hydroxyl groups is 1. The highest BCUT2D eigenvalue weighted by Gasteiger charge is 2.20. The van der Waals surface area contributed by atoms with Crippen LogP contribution in [0.4, 0.5) is 0 Å². The maximum absolute atomic E-state index is 12.1. The molecule has 0 aromatic carbocycles. The Labute approximate surface area is 113 Å². The number of hydrogen-bond donors (Lipinski definition) is 2. The summed E-state index contributed by atoms with van der Waals surface area (Å²) in [5, 5.41) is 9.09. The molecule has 0 saturated heterocycles. The average molecular weight is 291 g/mol. The first-order valence-corrected chi connectivity index (χ1v) is 8.43. The second kappa shape index (κ2) is 6.65. The lowest BCUT2D eigenvalue weighted by molar-refractivity contribution is 0.285. The smallest absolute Gasteiger partial charge is 0.250 e. The van der Waals surface area contributed by atoms with Crippen molar-refractivity contribution < 1.29 is 13.5 Å². The van der Waals surface area contributed by atoms with Gasteiger partial charge < -0.3 is 5.11 Å². The van der Waals surface area contributed by atoms with E-state index in [1.807, 2.05) is 13.8 Å². The molecule has 0 amide bonds. The van der Waals surface area contributed by atoms with E-state index in [1.54, 1.807) is 6.07 Å². The van der Waals surface area contributed by atoms with Gasteiger partial charge in [-0.1, -0.05) is 19.8 Å². The largest absolute Gasteiger partial charge is 0.391 e. The quantitative estimate of drug-likeness (QED) is 0.810. The predicted molar refractivity (Wildman–Crippen MR) is 74.3 cm³/mol. The van der Waals surface area contributed by atoms with E-state index in [0.717, 1.165) is 36.2 Å². The van der Waals surface area contributed by atoms with Gasteiger partial charge in [-0.05, 0) is 31.9 Å². The van der Waals surface area contributed by atoms with Crippen molar-refractivity contribution in [2.45, 2.75) is 56.9 Å². The molecule has 1 rings (SSSR count). The first-order chi connectivity index (χ1) is 8.40. The minimum Gasteiger partial charge on any atom is -0.391 e. The number of nitrogens with one attached hydrogen (secondary N) is 1. The molecule has 0 radical (unpaired) electrons. The molecule has 1 unspecified atom stereocenters. The van der Waals surface area contributed by atoms with Gasteiger partial charge in [0.1, 0.15) is 4.21 Å². The van der Waals surface area contributed by atoms with Gasteiger partial charge in [0.05, 0.1) is 6.61 Å². The lowest BCUT2D eigenvalue weighted by Crippen LogP contribution is -2.32. The molecule has 1 aromatic rings. The maximum atomic E-state index is 12.1. The third-order valence-electron chi connectivity index (χ3n) is 2.75. The van der Waals surface area contributed by atoms with Gasteiger partial charge in [-0.2, -0.15) is 0 Å². The van der Waals surface area contributed by atoms with Gasteiger partial charge in [0.15, 0.2) is 0 Å². The summed E-state index contributed by atoms with van der Waals surface area (Å²) in [6.07, 6.45) is 2.90. The molecular weight excluding hydrogens is 270 g/mol. The highest BCUT2D eigenvalue weighted by atomic mass is 32.2. The Balaban J connectivity index is 2.79. The normalized spacial score (nSPS) is 13.8. The highest BCUT2D eigenvalue weighted by Crippen LogP contribution is 2.26. The zero-order valence-corrected chi connectivity index (χ0v) is 12.7. The van der Waals surface area contributed by atoms with Crippen LogP contribution in [0.15, 0.2) is 10.3 Å². The van der Waals surface area contributed by atoms with E-state index >= 15 is 0 Å². The Morgan fingerprint density at radius 1 is 1.50 bits per heavy atom. The molecule has 1 aromatic heterocycles. The van der Waals surface area contributed by atoms with E-state index in [9.17, 15) is 8.42 Å². The fourth-order valence-corrected chi connectivity index (χ4v) is 4.41. The van der Waals surface area contributed by atoms with Crippen LogP contribution in [-0.2, 0) is 16.6 Å². The predicted octanol–water partition coefficient (Wildman–Crippen LogP) is 2.41. The number of aliphatic hydroxyl groups excluding tert-OH is 1. The van der Waals surface area contributed by atoms with Gasteiger partial charge in [-0.25, -0.2) is 13.1 Å². The molecule has 0 aliphatic carbocycles. The zero-order valence-electron chi connectivity index (χ0n) is 11.1. The van der Waals surface area contributed by atoms with Crippen molar-refractivity contribution >= 4 is 21.4 Å². The fraction of sp³-hybridized carbons (Fsp3) is 0.667. The topological polar surface area (TPSA) is 66.4 Å². The standard InChI is InChI=1S/C12H21NO3S2/c1-4-5-6-10(3)13-18(15,16)12-7-9(2)11(8-14)17-12/h7,10,13-14H,4-6,8H2,1-3H3. The molecule has 104 valence electrons. The van der Waals surface area contributed by atoms with E-state index in [4.69, 9.17) is 5.11 Å². The monoisotopic (exact) mass is 291 g/mol. The summed E-state index contributed by atoms with van der Waals surface area (Å²) in [5.41, 5.74) is 0.823. The number of unbranched alkanes of at least 4 members (excludes halogenated alkanes) is 1. The van der Waals surface area contributed by atoms with Crippen molar-refractivity contribution in [3.63, 3.8) is 0 Å². The first kappa shape index (κ1) is 15.6. The van der Waals surface area contributed by atoms with Crippen LogP contribution in [0.3, 0.4) is 0 Å². The second-order valence-electron chi connectivity index (χ2n) is 4.49. The number of sulfonamides is 1. The molecule has 1 heterocycles. The van der Waals surface area contributed by atoms with Crippen LogP contribution in [-0.4, -0.2) is 19.6 Å². The van der Waals surface area contributed by atoms with Crippen molar-refractivity contribution in [2.75, 3.05) is 0 Å². The molecule has 0 aliphatic rings. The van der Waals surface area contributed by atoms with Gasteiger partial charge in [0.25, 0.3) is 0 Å². The number of thiophene rings is 1. The van der Waals surface area contributed by atoms with Gasteiger partial charge in [0.2, 0.25) is 10.0 Å². The lowest BCUT2D eigenvalue weighted by atomic mass is 10.2. The molecule has 0 fully saturated rings. The maximum Gasteiger partial charge on any atom is 0.250 e. The fourth-order valence-electron chi connectivity index (χ4n) is 1.67. The van der Waals surface area contributed by atoms with Crippen molar-refractivity contribution in [1.82, 2.24) is 4.72 Å². The van der Waals surface area contributed by atoms with Crippen LogP contribution in [0.2, 0.25) is 0 Å². The Bertz CT molecular complexity index is 480. The second-order valence-corrected chi connectivity index (χ2v) is 7.57. The molecule has 0 saturated carbocycles. The molecular formula is C12H21NO3S2. The summed E-state index contributed by atoms with van der Waals surface area (Å²) in [6.45, 7) is 5.65. The van der Waals surface area contributed by atoms with E-state index in [-0.39, 0.29) is 16.9 Å². The Hall–Kier alpha value is -0.430.